The van der Waals surface area contributed by atoms with Gasteiger partial charge in [-0.05, 0) is 25.0 Å². The topological polar surface area (TPSA) is 40.5 Å². The standard InChI is InChI=1S/C27H48O2/c1-2-3-4-5-6-7-8-9-10-11-12-13-14-15-16-17-18-19-20-22-25-26(28)23-21-24-27(25)29/h21,23-24,28-29H,2-20,22H2,1H3. The summed E-state index contributed by atoms with van der Waals surface area (Å²) in [7, 11) is 0. The first-order chi connectivity index (χ1) is 14.3. The first kappa shape index (κ1) is 25.9. The van der Waals surface area contributed by atoms with Crippen LogP contribution in [0.2, 0.25) is 0 Å². The average Bonchev–Trinajstić information content (AvgIpc) is 2.71. The van der Waals surface area contributed by atoms with Gasteiger partial charge in [0.05, 0.1) is 0 Å². The molecule has 1 aromatic rings. The maximum atomic E-state index is 9.78. The van der Waals surface area contributed by atoms with Crippen molar-refractivity contribution < 1.29 is 10.2 Å². The Morgan fingerprint density at radius 3 is 1.14 bits per heavy atom. The molecule has 0 fully saturated rings. The quantitative estimate of drug-likeness (QED) is 0.213. The Morgan fingerprint density at radius 2 is 0.793 bits per heavy atom. The summed E-state index contributed by atoms with van der Waals surface area (Å²) in [5.74, 6) is 0.458. The fourth-order valence-corrected chi connectivity index (χ4v) is 4.20. The van der Waals surface area contributed by atoms with E-state index in [0.717, 1.165) is 12.8 Å². The van der Waals surface area contributed by atoms with Gasteiger partial charge in [0.15, 0.2) is 0 Å². The van der Waals surface area contributed by atoms with Crippen molar-refractivity contribution in [1.82, 2.24) is 0 Å². The van der Waals surface area contributed by atoms with Crippen LogP contribution in [0.25, 0.3) is 0 Å². The highest BCUT2D eigenvalue weighted by Gasteiger charge is 2.05. The Morgan fingerprint density at radius 1 is 0.483 bits per heavy atom. The predicted octanol–water partition coefficient (Wildman–Crippen LogP) is 9.07. The third-order valence-electron chi connectivity index (χ3n) is 6.16. The van der Waals surface area contributed by atoms with E-state index in [2.05, 4.69) is 6.92 Å². The van der Waals surface area contributed by atoms with Crippen molar-refractivity contribution in [3.05, 3.63) is 23.8 Å². The van der Waals surface area contributed by atoms with Gasteiger partial charge in [-0.25, -0.2) is 0 Å². The normalized spacial score (nSPS) is 11.2. The summed E-state index contributed by atoms with van der Waals surface area (Å²) < 4.78 is 0. The van der Waals surface area contributed by atoms with Gasteiger partial charge in [0.2, 0.25) is 0 Å². The number of phenols is 2. The van der Waals surface area contributed by atoms with Gasteiger partial charge in [0.25, 0.3) is 0 Å². The molecular formula is C27H48O2. The minimum Gasteiger partial charge on any atom is -0.508 e. The molecule has 0 aromatic heterocycles. The van der Waals surface area contributed by atoms with E-state index in [1.165, 1.54) is 116 Å². The van der Waals surface area contributed by atoms with Gasteiger partial charge in [0, 0.05) is 5.56 Å². The van der Waals surface area contributed by atoms with Crippen molar-refractivity contribution in [2.24, 2.45) is 0 Å². The minimum absolute atomic E-state index is 0.229. The smallest absolute Gasteiger partial charge is 0.122 e. The van der Waals surface area contributed by atoms with Crippen LogP contribution in [0, 0.1) is 0 Å². The Bertz CT molecular complexity index is 463. The summed E-state index contributed by atoms with van der Waals surface area (Å²) in [4.78, 5) is 0. The first-order valence-electron chi connectivity index (χ1n) is 12.8. The second-order valence-electron chi connectivity index (χ2n) is 8.89. The molecule has 0 saturated heterocycles. The molecule has 0 saturated carbocycles. The molecule has 168 valence electrons. The van der Waals surface area contributed by atoms with Crippen molar-refractivity contribution in [2.75, 3.05) is 0 Å². The number of hydrogen-bond donors (Lipinski definition) is 2. The summed E-state index contributed by atoms with van der Waals surface area (Å²) in [6.07, 6.45) is 27.0. The van der Waals surface area contributed by atoms with Crippen LogP contribution < -0.4 is 0 Å². The highest BCUT2D eigenvalue weighted by atomic mass is 16.3. The van der Waals surface area contributed by atoms with Crippen LogP contribution in [0.1, 0.15) is 134 Å². The Hall–Kier alpha value is -1.18. The van der Waals surface area contributed by atoms with E-state index in [9.17, 15) is 10.2 Å². The zero-order valence-electron chi connectivity index (χ0n) is 19.3. The molecule has 0 aliphatic rings. The van der Waals surface area contributed by atoms with E-state index in [0.29, 0.717) is 5.56 Å². The van der Waals surface area contributed by atoms with Gasteiger partial charge in [-0.3, -0.25) is 0 Å². The van der Waals surface area contributed by atoms with E-state index in [-0.39, 0.29) is 11.5 Å². The molecule has 0 radical (unpaired) electrons. The van der Waals surface area contributed by atoms with Gasteiger partial charge in [-0.1, -0.05) is 129 Å². The highest BCUT2D eigenvalue weighted by Crippen LogP contribution is 2.28. The number of rotatable bonds is 20. The van der Waals surface area contributed by atoms with Gasteiger partial charge in [-0.15, -0.1) is 0 Å². The zero-order valence-corrected chi connectivity index (χ0v) is 19.3. The lowest BCUT2D eigenvalue weighted by molar-refractivity contribution is 0.435. The van der Waals surface area contributed by atoms with Gasteiger partial charge in [-0.2, -0.15) is 0 Å². The van der Waals surface area contributed by atoms with Crippen LogP contribution in [0.15, 0.2) is 18.2 Å². The predicted molar refractivity (Wildman–Crippen MR) is 127 cm³/mol. The molecule has 0 amide bonds. The van der Waals surface area contributed by atoms with E-state index in [1.54, 1.807) is 18.2 Å². The molecule has 2 heteroatoms. The second kappa shape index (κ2) is 18.8. The highest BCUT2D eigenvalue weighted by molar-refractivity contribution is 5.42. The van der Waals surface area contributed by atoms with Gasteiger partial charge in [0.1, 0.15) is 11.5 Å². The summed E-state index contributed by atoms with van der Waals surface area (Å²) in [5, 5.41) is 19.6. The third kappa shape index (κ3) is 14.4. The Labute approximate surface area is 181 Å². The summed E-state index contributed by atoms with van der Waals surface area (Å²) in [6, 6.07) is 5.00. The van der Waals surface area contributed by atoms with Crippen LogP contribution in [-0.2, 0) is 6.42 Å². The largest absolute Gasteiger partial charge is 0.508 e. The Kier molecular flexibility index (Phi) is 16.8. The van der Waals surface area contributed by atoms with Crippen LogP contribution >= 0.6 is 0 Å². The molecule has 0 aliphatic heterocycles. The van der Waals surface area contributed by atoms with Crippen molar-refractivity contribution in [3.8, 4) is 11.5 Å². The molecule has 0 heterocycles. The number of benzene rings is 1. The lowest BCUT2D eigenvalue weighted by Crippen LogP contribution is -1.88. The van der Waals surface area contributed by atoms with Crippen molar-refractivity contribution in [1.29, 1.82) is 0 Å². The van der Waals surface area contributed by atoms with E-state index in [4.69, 9.17) is 0 Å². The molecule has 0 aliphatic carbocycles. The van der Waals surface area contributed by atoms with Crippen molar-refractivity contribution in [3.63, 3.8) is 0 Å². The molecule has 0 bridgehead atoms. The lowest BCUT2D eigenvalue weighted by Gasteiger charge is -2.07. The second-order valence-corrected chi connectivity index (χ2v) is 8.89. The van der Waals surface area contributed by atoms with E-state index in [1.807, 2.05) is 0 Å². The van der Waals surface area contributed by atoms with Crippen LogP contribution in [0.4, 0.5) is 0 Å². The first-order valence-corrected chi connectivity index (χ1v) is 12.8. The molecule has 2 N–H and O–H groups in total. The molecule has 29 heavy (non-hydrogen) atoms. The third-order valence-corrected chi connectivity index (χ3v) is 6.16. The fourth-order valence-electron chi connectivity index (χ4n) is 4.20. The van der Waals surface area contributed by atoms with E-state index < -0.39 is 0 Å². The number of hydrogen-bond acceptors (Lipinski definition) is 2. The lowest BCUT2D eigenvalue weighted by atomic mass is 10.0. The summed E-state index contributed by atoms with van der Waals surface area (Å²) >= 11 is 0. The molecule has 0 atom stereocenters. The molecule has 1 rings (SSSR count). The van der Waals surface area contributed by atoms with E-state index >= 15 is 0 Å². The number of aromatic hydroxyl groups is 2. The van der Waals surface area contributed by atoms with Crippen molar-refractivity contribution in [2.45, 2.75) is 135 Å². The molecule has 0 spiro atoms. The Balaban J connectivity index is 1.76. The molecule has 0 unspecified atom stereocenters. The average molecular weight is 405 g/mol. The van der Waals surface area contributed by atoms with Crippen LogP contribution in [-0.4, -0.2) is 10.2 Å². The van der Waals surface area contributed by atoms with Crippen molar-refractivity contribution >= 4 is 0 Å². The number of unbranched alkanes of at least 4 members (excludes halogenated alkanes) is 18. The molecule has 1 aromatic carbocycles. The summed E-state index contributed by atoms with van der Waals surface area (Å²) in [5.41, 5.74) is 0.708. The van der Waals surface area contributed by atoms with Gasteiger partial charge < -0.3 is 10.2 Å². The summed E-state index contributed by atoms with van der Waals surface area (Å²) in [6.45, 7) is 2.29. The van der Waals surface area contributed by atoms with Crippen LogP contribution in [0.3, 0.4) is 0 Å². The molecular weight excluding hydrogens is 356 g/mol. The minimum atomic E-state index is 0.229. The molecule has 2 nitrogen and oxygen atoms in total. The maximum Gasteiger partial charge on any atom is 0.122 e. The van der Waals surface area contributed by atoms with Crippen LogP contribution in [0.5, 0.6) is 11.5 Å². The SMILES string of the molecule is CCCCCCCCCCCCCCCCCCCCCc1c(O)cccc1O. The maximum absolute atomic E-state index is 9.78. The monoisotopic (exact) mass is 404 g/mol. The fraction of sp³-hybridized carbons (Fsp3) is 0.778. The zero-order chi connectivity index (χ0) is 21.0. The number of phenolic OH excluding ortho intramolecular Hbond substituents is 2. The van der Waals surface area contributed by atoms with Gasteiger partial charge >= 0.3 is 0 Å².